The zero-order chi connectivity index (χ0) is 29.4. The summed E-state index contributed by atoms with van der Waals surface area (Å²) in [7, 11) is 0. The number of ether oxygens (including phenoxy) is 1. The lowest BCUT2D eigenvalue weighted by Gasteiger charge is -2.32. The smallest absolute Gasteiger partial charge is 0.379 e. The Morgan fingerprint density at radius 2 is 1.49 bits per heavy atom. The zero-order valence-electron chi connectivity index (χ0n) is 24.8. The summed E-state index contributed by atoms with van der Waals surface area (Å²) in [4.78, 5) is 57.0. The number of benzene rings is 2. The van der Waals surface area contributed by atoms with Crippen molar-refractivity contribution in [2.75, 3.05) is 39.4 Å². The largest absolute Gasteiger partial charge is 0.411 e. The number of halogens is 1. The van der Waals surface area contributed by atoms with Gasteiger partial charge in [-0.15, -0.1) is 12.4 Å². The number of hydrogen-bond acceptors (Lipinski definition) is 6. The Morgan fingerprint density at radius 3 is 2.14 bits per heavy atom. The Bertz CT molecular complexity index is 1240. The molecule has 0 radical (unpaired) electrons. The summed E-state index contributed by atoms with van der Waals surface area (Å²) < 4.78 is 4.88. The van der Waals surface area contributed by atoms with Gasteiger partial charge in [-0.05, 0) is 36.1 Å². The van der Waals surface area contributed by atoms with Crippen molar-refractivity contribution in [3.8, 4) is 0 Å². The minimum Gasteiger partial charge on any atom is -0.379 e. The first-order valence-electron chi connectivity index (χ1n) is 15.5. The maximum Gasteiger partial charge on any atom is 0.411 e. The van der Waals surface area contributed by atoms with Crippen molar-refractivity contribution in [1.82, 2.24) is 15.5 Å². The third-order valence-corrected chi connectivity index (χ3v) is 8.89. The second-order valence-electron chi connectivity index (χ2n) is 11.9. The van der Waals surface area contributed by atoms with Gasteiger partial charge in [-0.3, -0.25) is 14.5 Å². The first-order valence-corrected chi connectivity index (χ1v) is 15.5. The Labute approximate surface area is 260 Å². The average Bonchev–Trinajstić information content (AvgIpc) is 3.53. The fraction of sp³-hybridized carbons (Fsp3) is 0.515. The van der Waals surface area contributed by atoms with E-state index in [1.165, 1.54) is 0 Å². The number of amides is 4. The van der Waals surface area contributed by atoms with Crippen LogP contribution in [-0.4, -0.2) is 84.5 Å². The molecule has 43 heavy (non-hydrogen) atoms. The molecular formula is C33H44ClN4O5+. The number of likely N-dealkylation sites (tertiary alicyclic amines) is 1. The van der Waals surface area contributed by atoms with E-state index in [9.17, 15) is 19.2 Å². The van der Waals surface area contributed by atoms with Gasteiger partial charge in [0.05, 0.1) is 26.3 Å². The maximum atomic E-state index is 14.3. The second kappa shape index (κ2) is 15.6. The molecule has 2 heterocycles. The molecule has 2 aliphatic heterocycles. The van der Waals surface area contributed by atoms with Crippen LogP contribution in [0.15, 0.2) is 54.6 Å². The van der Waals surface area contributed by atoms with Crippen LogP contribution in [0, 0.1) is 0 Å². The zero-order valence-corrected chi connectivity index (χ0v) is 25.6. The van der Waals surface area contributed by atoms with Gasteiger partial charge in [-0.2, -0.15) is 4.48 Å². The van der Waals surface area contributed by atoms with Gasteiger partial charge >= 0.3 is 17.7 Å². The van der Waals surface area contributed by atoms with E-state index in [0.717, 1.165) is 76.1 Å². The molecule has 0 bridgehead atoms. The summed E-state index contributed by atoms with van der Waals surface area (Å²) in [6.07, 6.45) is 6.47. The molecule has 1 aliphatic carbocycles. The van der Waals surface area contributed by atoms with Gasteiger partial charge in [0.25, 0.3) is 5.91 Å². The van der Waals surface area contributed by atoms with Gasteiger partial charge < -0.3 is 15.4 Å². The Kier molecular flexibility index (Phi) is 11.9. The third-order valence-electron chi connectivity index (χ3n) is 8.89. The highest BCUT2D eigenvalue weighted by Crippen LogP contribution is 2.25. The summed E-state index contributed by atoms with van der Waals surface area (Å²) in [5.74, 6) is -2.18. The van der Waals surface area contributed by atoms with E-state index >= 15 is 0 Å². The van der Waals surface area contributed by atoms with Crippen LogP contribution in [0.2, 0.25) is 0 Å². The molecule has 4 amide bonds. The fourth-order valence-electron chi connectivity index (χ4n) is 6.46. The van der Waals surface area contributed by atoms with E-state index in [0.29, 0.717) is 18.4 Å². The van der Waals surface area contributed by atoms with Crippen molar-refractivity contribution in [3.05, 3.63) is 71.3 Å². The van der Waals surface area contributed by atoms with Crippen LogP contribution in [-0.2, 0) is 32.1 Å². The molecule has 0 aromatic heterocycles. The van der Waals surface area contributed by atoms with Crippen molar-refractivity contribution in [3.63, 3.8) is 0 Å². The Hall–Kier alpha value is -3.11. The molecule has 232 valence electrons. The number of nitrogens with one attached hydrogen (secondary N) is 2. The van der Waals surface area contributed by atoms with E-state index in [1.807, 2.05) is 42.5 Å². The van der Waals surface area contributed by atoms with Crippen molar-refractivity contribution in [2.24, 2.45) is 0 Å². The third kappa shape index (κ3) is 8.29. The number of carbonyl (C=O) groups is 4. The highest BCUT2D eigenvalue weighted by Gasteiger charge is 2.53. The maximum absolute atomic E-state index is 14.3. The molecule has 10 heteroatoms. The molecule has 1 saturated carbocycles. The standard InChI is InChI=1S/C33H42N4O5.ClH/c38-30(27-15-13-26(14-16-27)24-36-17-21-42-22-18-36)35-29(23-25-9-3-1-4-10-25)32(40)37(19-7-8-20-37)33(41)31(39)34-28-11-5-2-6-12-28;/h1,3-4,9-10,13-16,28-29H,2,5-8,11-12,17-24H2,(H-,34,35,38,39);1H/p+1. The van der Waals surface area contributed by atoms with Crippen LogP contribution in [0.5, 0.6) is 0 Å². The topological polar surface area (TPSA) is 105 Å². The van der Waals surface area contributed by atoms with Gasteiger partial charge in [0.2, 0.25) is 0 Å². The van der Waals surface area contributed by atoms with Crippen LogP contribution in [0.25, 0.3) is 0 Å². The molecular weight excluding hydrogens is 568 g/mol. The predicted octanol–water partition coefficient (Wildman–Crippen LogP) is 3.39. The molecule has 9 nitrogen and oxygen atoms in total. The van der Waals surface area contributed by atoms with Gasteiger partial charge in [0, 0.05) is 50.5 Å². The van der Waals surface area contributed by atoms with Crippen LogP contribution in [0.3, 0.4) is 0 Å². The van der Waals surface area contributed by atoms with Crippen LogP contribution >= 0.6 is 12.4 Å². The van der Waals surface area contributed by atoms with Gasteiger partial charge in [-0.1, -0.05) is 61.7 Å². The number of quaternary nitrogens is 1. The van der Waals surface area contributed by atoms with E-state index in [4.69, 9.17) is 4.74 Å². The molecule has 0 spiro atoms. The number of imide groups is 1. The second-order valence-corrected chi connectivity index (χ2v) is 11.9. The highest BCUT2D eigenvalue weighted by atomic mass is 35.5. The first-order chi connectivity index (χ1) is 20.4. The van der Waals surface area contributed by atoms with E-state index in [2.05, 4.69) is 15.5 Å². The minimum atomic E-state index is -0.961. The summed E-state index contributed by atoms with van der Waals surface area (Å²) in [6, 6.07) is 15.9. The lowest BCUT2D eigenvalue weighted by molar-refractivity contribution is -0.762. The molecule has 1 unspecified atom stereocenters. The molecule has 2 aromatic carbocycles. The van der Waals surface area contributed by atoms with Crippen molar-refractivity contribution in [1.29, 1.82) is 0 Å². The molecule has 5 rings (SSSR count). The van der Waals surface area contributed by atoms with Gasteiger partial charge in [0.1, 0.15) is 6.04 Å². The average molecular weight is 612 g/mol. The monoisotopic (exact) mass is 611 g/mol. The minimum absolute atomic E-state index is 0. The number of morpholine rings is 1. The fourth-order valence-corrected chi connectivity index (χ4v) is 6.46. The molecule has 1 atom stereocenters. The number of carbonyl (C=O) groups excluding carboxylic acids is 4. The predicted molar refractivity (Wildman–Crippen MR) is 165 cm³/mol. The lowest BCUT2D eigenvalue weighted by Crippen LogP contribution is -2.65. The molecule has 3 fully saturated rings. The molecule has 3 aliphatic rings. The molecule has 2 aromatic rings. The Balaban J connectivity index is 0.00000423. The van der Waals surface area contributed by atoms with E-state index in [-0.39, 0.29) is 43.9 Å². The normalized spacial score (nSPS) is 19.5. The number of nitrogens with zero attached hydrogens (tertiary/aromatic N) is 2. The van der Waals surface area contributed by atoms with Crippen molar-refractivity contribution < 1.29 is 28.4 Å². The van der Waals surface area contributed by atoms with E-state index < -0.39 is 28.2 Å². The highest BCUT2D eigenvalue weighted by molar-refractivity contribution is 6.33. The summed E-state index contributed by atoms with van der Waals surface area (Å²) in [5, 5.41) is 5.86. The molecule has 2 N–H and O–H groups in total. The van der Waals surface area contributed by atoms with Gasteiger partial charge in [0.15, 0.2) is 0 Å². The van der Waals surface area contributed by atoms with Crippen LogP contribution in [0.1, 0.15) is 66.4 Å². The quantitative estimate of drug-likeness (QED) is 0.350. The summed E-state index contributed by atoms with van der Waals surface area (Å²) in [6.45, 7) is 4.53. The number of hydrogen-bond donors (Lipinski definition) is 2. The van der Waals surface area contributed by atoms with Crippen LogP contribution in [0.4, 0.5) is 0 Å². The van der Waals surface area contributed by atoms with Gasteiger partial charge in [-0.25, -0.2) is 9.59 Å². The summed E-state index contributed by atoms with van der Waals surface area (Å²) >= 11 is 0. The van der Waals surface area contributed by atoms with Crippen LogP contribution < -0.4 is 10.6 Å². The SMILES string of the molecule is Cl.O=C(NC1CCCCC1)C(=O)[N+]1(C(=O)C(Cc2ccccc2)NC(=O)c2ccc(CN3CCOCC3)cc2)CCCC1. The van der Waals surface area contributed by atoms with E-state index in [1.54, 1.807) is 12.1 Å². The number of rotatable bonds is 8. The van der Waals surface area contributed by atoms with Crippen molar-refractivity contribution in [2.45, 2.75) is 70.0 Å². The summed E-state index contributed by atoms with van der Waals surface area (Å²) in [5.41, 5.74) is 2.41. The van der Waals surface area contributed by atoms with Crippen molar-refractivity contribution >= 4 is 36.0 Å². The molecule has 2 saturated heterocycles. The Morgan fingerprint density at radius 1 is 0.837 bits per heavy atom. The lowest BCUT2D eigenvalue weighted by atomic mass is 9.95. The first kappa shape index (κ1) is 32.8.